The molecule has 1 aliphatic heterocycles. The van der Waals surface area contributed by atoms with Gasteiger partial charge in [0.2, 0.25) is 0 Å². The van der Waals surface area contributed by atoms with Crippen LogP contribution in [0, 0.1) is 11.7 Å². The molecule has 1 aliphatic rings. The van der Waals surface area contributed by atoms with E-state index in [9.17, 15) is 4.39 Å². The summed E-state index contributed by atoms with van der Waals surface area (Å²) in [6, 6.07) is 3.13. The molecule has 0 unspecified atom stereocenters. The van der Waals surface area contributed by atoms with E-state index in [0.29, 0.717) is 16.5 Å². The lowest BCUT2D eigenvalue weighted by Gasteiger charge is -2.23. The number of nitrogens with one attached hydrogen (secondary N) is 1. The van der Waals surface area contributed by atoms with Crippen LogP contribution in [0.1, 0.15) is 18.4 Å². The van der Waals surface area contributed by atoms with Crippen molar-refractivity contribution in [3.8, 4) is 0 Å². The maximum absolute atomic E-state index is 13.7. The molecule has 4 heteroatoms. The van der Waals surface area contributed by atoms with Crippen molar-refractivity contribution >= 4 is 27.5 Å². The van der Waals surface area contributed by atoms with Crippen molar-refractivity contribution in [1.29, 1.82) is 0 Å². The first-order valence-electron chi connectivity index (χ1n) is 5.51. The Morgan fingerprint density at radius 1 is 1.38 bits per heavy atom. The third kappa shape index (κ3) is 2.76. The molecule has 1 heterocycles. The van der Waals surface area contributed by atoms with E-state index in [1.54, 1.807) is 6.07 Å². The Balaban J connectivity index is 2.16. The molecule has 1 N–H and O–H groups in total. The summed E-state index contributed by atoms with van der Waals surface area (Å²) in [4.78, 5) is 0. The van der Waals surface area contributed by atoms with Crippen LogP contribution in [0.25, 0.3) is 0 Å². The quantitative estimate of drug-likeness (QED) is 0.820. The first-order chi connectivity index (χ1) is 7.68. The summed E-state index contributed by atoms with van der Waals surface area (Å²) in [5, 5.41) is 3.83. The summed E-state index contributed by atoms with van der Waals surface area (Å²) in [5.74, 6) is 0.356. The van der Waals surface area contributed by atoms with Gasteiger partial charge in [0, 0.05) is 10.0 Å². The SMILES string of the molecule is Fc1ccc(Br)c(Cl)c1CC1CCNCC1. The topological polar surface area (TPSA) is 12.0 Å². The van der Waals surface area contributed by atoms with Crippen molar-refractivity contribution in [2.45, 2.75) is 19.3 Å². The maximum atomic E-state index is 13.7. The summed E-state index contributed by atoms with van der Waals surface area (Å²) in [6.45, 7) is 2.05. The van der Waals surface area contributed by atoms with Crippen molar-refractivity contribution in [3.63, 3.8) is 0 Å². The van der Waals surface area contributed by atoms with Gasteiger partial charge in [0.1, 0.15) is 5.82 Å². The van der Waals surface area contributed by atoms with Gasteiger partial charge in [0.25, 0.3) is 0 Å². The Bertz CT molecular complexity index is 378. The molecule has 0 atom stereocenters. The molecule has 1 aromatic rings. The largest absolute Gasteiger partial charge is 0.317 e. The van der Waals surface area contributed by atoms with Gasteiger partial charge in [-0.1, -0.05) is 11.6 Å². The fraction of sp³-hybridized carbons (Fsp3) is 0.500. The predicted octanol–water partition coefficient (Wildman–Crippen LogP) is 3.78. The molecule has 1 fully saturated rings. The normalized spacial score (nSPS) is 17.7. The highest BCUT2D eigenvalue weighted by Gasteiger charge is 2.18. The van der Waals surface area contributed by atoms with Gasteiger partial charge in [-0.05, 0) is 66.3 Å². The van der Waals surface area contributed by atoms with Crippen LogP contribution in [-0.4, -0.2) is 13.1 Å². The third-order valence-electron chi connectivity index (χ3n) is 3.09. The zero-order chi connectivity index (χ0) is 11.5. The second-order valence-corrected chi connectivity index (χ2v) is 5.45. The lowest BCUT2D eigenvalue weighted by atomic mass is 9.91. The number of benzene rings is 1. The van der Waals surface area contributed by atoms with Crippen LogP contribution in [0.5, 0.6) is 0 Å². The summed E-state index contributed by atoms with van der Waals surface area (Å²) >= 11 is 9.45. The minimum absolute atomic E-state index is 0.188. The Morgan fingerprint density at radius 3 is 2.75 bits per heavy atom. The number of piperidine rings is 1. The van der Waals surface area contributed by atoms with Gasteiger partial charge >= 0.3 is 0 Å². The van der Waals surface area contributed by atoms with Crippen LogP contribution in [0.3, 0.4) is 0 Å². The fourth-order valence-corrected chi connectivity index (χ4v) is 2.73. The van der Waals surface area contributed by atoms with Crippen LogP contribution in [0.2, 0.25) is 5.02 Å². The summed E-state index contributed by atoms with van der Waals surface area (Å²) < 4.78 is 14.4. The lowest BCUT2D eigenvalue weighted by molar-refractivity contribution is 0.368. The molecular formula is C12H14BrClFN. The van der Waals surface area contributed by atoms with Gasteiger partial charge in [-0.15, -0.1) is 0 Å². The Kier molecular flexibility index (Phi) is 4.22. The second-order valence-electron chi connectivity index (χ2n) is 4.22. The molecule has 2 rings (SSSR count). The van der Waals surface area contributed by atoms with E-state index in [0.717, 1.165) is 36.8 Å². The molecule has 0 aromatic heterocycles. The first-order valence-corrected chi connectivity index (χ1v) is 6.68. The molecule has 1 saturated heterocycles. The smallest absolute Gasteiger partial charge is 0.127 e. The minimum atomic E-state index is -0.188. The number of hydrogen-bond acceptors (Lipinski definition) is 1. The molecule has 0 bridgehead atoms. The monoisotopic (exact) mass is 305 g/mol. The number of halogens is 3. The van der Waals surface area contributed by atoms with Gasteiger partial charge in [-0.3, -0.25) is 0 Å². The number of hydrogen-bond donors (Lipinski definition) is 1. The van der Waals surface area contributed by atoms with Crippen LogP contribution < -0.4 is 5.32 Å². The zero-order valence-electron chi connectivity index (χ0n) is 8.90. The second kappa shape index (κ2) is 5.48. The fourth-order valence-electron chi connectivity index (χ4n) is 2.13. The zero-order valence-corrected chi connectivity index (χ0v) is 11.2. The van der Waals surface area contributed by atoms with Crippen molar-refractivity contribution < 1.29 is 4.39 Å². The summed E-state index contributed by atoms with van der Waals surface area (Å²) in [7, 11) is 0. The maximum Gasteiger partial charge on any atom is 0.127 e. The summed E-state index contributed by atoms with van der Waals surface area (Å²) in [6.07, 6.45) is 2.94. The van der Waals surface area contributed by atoms with E-state index in [-0.39, 0.29) is 5.82 Å². The Hall–Kier alpha value is -0.120. The molecule has 1 nitrogen and oxygen atoms in total. The standard InChI is InChI=1S/C12H14BrClFN/c13-10-1-2-11(15)9(12(10)14)7-8-3-5-16-6-4-8/h1-2,8,16H,3-7H2. The summed E-state index contributed by atoms with van der Waals surface area (Å²) in [5.41, 5.74) is 0.656. The lowest BCUT2D eigenvalue weighted by Crippen LogP contribution is -2.28. The Morgan fingerprint density at radius 2 is 2.06 bits per heavy atom. The van der Waals surface area contributed by atoms with Gasteiger partial charge < -0.3 is 5.32 Å². The average Bonchev–Trinajstić information content (AvgIpc) is 2.31. The van der Waals surface area contributed by atoms with Gasteiger partial charge in [0.05, 0.1) is 5.02 Å². The van der Waals surface area contributed by atoms with E-state index >= 15 is 0 Å². The van der Waals surface area contributed by atoms with Gasteiger partial charge in [-0.2, -0.15) is 0 Å². The van der Waals surface area contributed by atoms with Gasteiger partial charge in [0.15, 0.2) is 0 Å². The molecule has 0 amide bonds. The highest BCUT2D eigenvalue weighted by atomic mass is 79.9. The molecule has 16 heavy (non-hydrogen) atoms. The number of rotatable bonds is 2. The molecule has 0 aliphatic carbocycles. The van der Waals surface area contributed by atoms with Crippen LogP contribution >= 0.6 is 27.5 Å². The molecule has 88 valence electrons. The van der Waals surface area contributed by atoms with Crippen LogP contribution in [0.4, 0.5) is 4.39 Å². The average molecular weight is 307 g/mol. The first kappa shape index (κ1) is 12.3. The molecule has 0 saturated carbocycles. The van der Waals surface area contributed by atoms with E-state index in [1.165, 1.54) is 6.07 Å². The molecule has 0 spiro atoms. The van der Waals surface area contributed by atoms with Crippen molar-refractivity contribution in [2.24, 2.45) is 5.92 Å². The van der Waals surface area contributed by atoms with Crippen molar-refractivity contribution in [1.82, 2.24) is 5.32 Å². The molecule has 1 aromatic carbocycles. The predicted molar refractivity (Wildman–Crippen MR) is 68.4 cm³/mol. The minimum Gasteiger partial charge on any atom is -0.317 e. The third-order valence-corrected chi connectivity index (χ3v) is 4.41. The highest BCUT2D eigenvalue weighted by Crippen LogP contribution is 2.31. The van der Waals surface area contributed by atoms with E-state index < -0.39 is 0 Å². The molecular weight excluding hydrogens is 292 g/mol. The van der Waals surface area contributed by atoms with E-state index in [2.05, 4.69) is 21.2 Å². The van der Waals surface area contributed by atoms with Gasteiger partial charge in [-0.25, -0.2) is 4.39 Å². The van der Waals surface area contributed by atoms with Crippen molar-refractivity contribution in [3.05, 3.63) is 33.0 Å². The van der Waals surface area contributed by atoms with E-state index in [4.69, 9.17) is 11.6 Å². The van der Waals surface area contributed by atoms with Crippen LogP contribution in [-0.2, 0) is 6.42 Å². The highest BCUT2D eigenvalue weighted by molar-refractivity contribution is 9.10. The van der Waals surface area contributed by atoms with E-state index in [1.807, 2.05) is 0 Å². The Labute approximate surface area is 109 Å². The van der Waals surface area contributed by atoms with Crippen LogP contribution in [0.15, 0.2) is 16.6 Å². The van der Waals surface area contributed by atoms with Crippen molar-refractivity contribution in [2.75, 3.05) is 13.1 Å². The molecule has 0 radical (unpaired) electrons.